The number of amides is 1. The molecule has 3 rings (SSSR count). The van der Waals surface area contributed by atoms with Crippen molar-refractivity contribution in [3.8, 4) is 5.75 Å². The van der Waals surface area contributed by atoms with Crippen LogP contribution in [0.4, 0.5) is 0 Å². The third-order valence-electron chi connectivity index (χ3n) is 5.23. The third-order valence-corrected chi connectivity index (χ3v) is 5.23. The Morgan fingerprint density at radius 1 is 1.33 bits per heavy atom. The fourth-order valence-electron chi connectivity index (χ4n) is 3.80. The number of carbonyl (C=O) groups excluding carboxylic acids is 1. The first-order valence-corrected chi connectivity index (χ1v) is 8.76. The fourth-order valence-corrected chi connectivity index (χ4v) is 3.80. The molecule has 0 aromatic heterocycles. The standard InChI is InChI=1S/C19H25NO4/c1-24-15-7-4-5-13(11-15)16-12-17(16)19(23)20-10-3-2-6-14(20)8-9-18(21)22/h4-5,7,11,14,16-17H,2-3,6,8-10,12H2,1H3,(H,21,22)/t14-,16+,17+/m1/s1. The van der Waals surface area contributed by atoms with Gasteiger partial charge in [-0.3, -0.25) is 9.59 Å². The molecule has 3 atom stereocenters. The van der Waals surface area contributed by atoms with Gasteiger partial charge in [0.25, 0.3) is 0 Å². The minimum Gasteiger partial charge on any atom is -0.497 e. The van der Waals surface area contributed by atoms with E-state index in [0.717, 1.165) is 43.5 Å². The van der Waals surface area contributed by atoms with Gasteiger partial charge in [0.05, 0.1) is 7.11 Å². The smallest absolute Gasteiger partial charge is 0.303 e. The van der Waals surface area contributed by atoms with Crippen LogP contribution in [0.5, 0.6) is 5.75 Å². The van der Waals surface area contributed by atoms with Gasteiger partial charge in [0, 0.05) is 24.9 Å². The number of likely N-dealkylation sites (tertiary alicyclic amines) is 1. The predicted octanol–water partition coefficient (Wildman–Crippen LogP) is 3.04. The van der Waals surface area contributed by atoms with Crippen molar-refractivity contribution in [2.75, 3.05) is 13.7 Å². The summed E-state index contributed by atoms with van der Waals surface area (Å²) in [6.07, 6.45) is 4.61. The monoisotopic (exact) mass is 331 g/mol. The van der Waals surface area contributed by atoms with E-state index < -0.39 is 5.97 Å². The molecule has 2 fully saturated rings. The molecule has 0 bridgehead atoms. The van der Waals surface area contributed by atoms with Crippen molar-refractivity contribution in [2.45, 2.75) is 50.5 Å². The molecule has 1 aromatic rings. The molecule has 0 radical (unpaired) electrons. The van der Waals surface area contributed by atoms with Crippen molar-refractivity contribution in [3.63, 3.8) is 0 Å². The summed E-state index contributed by atoms with van der Waals surface area (Å²) in [6.45, 7) is 0.768. The molecule has 5 heteroatoms. The first-order valence-electron chi connectivity index (χ1n) is 8.76. The molecule has 24 heavy (non-hydrogen) atoms. The number of benzene rings is 1. The Morgan fingerprint density at radius 2 is 2.17 bits per heavy atom. The van der Waals surface area contributed by atoms with Crippen LogP contribution in [0.15, 0.2) is 24.3 Å². The van der Waals surface area contributed by atoms with E-state index in [-0.39, 0.29) is 30.2 Å². The van der Waals surface area contributed by atoms with Crippen molar-refractivity contribution >= 4 is 11.9 Å². The highest BCUT2D eigenvalue weighted by atomic mass is 16.5. The molecule has 5 nitrogen and oxygen atoms in total. The number of piperidine rings is 1. The summed E-state index contributed by atoms with van der Waals surface area (Å²) in [6, 6.07) is 8.03. The van der Waals surface area contributed by atoms with Crippen LogP contribution in [0.2, 0.25) is 0 Å². The molecule has 1 aliphatic heterocycles. The summed E-state index contributed by atoms with van der Waals surface area (Å²) < 4.78 is 5.27. The van der Waals surface area contributed by atoms with Crippen LogP contribution in [0.3, 0.4) is 0 Å². The Labute approximate surface area is 142 Å². The summed E-state index contributed by atoms with van der Waals surface area (Å²) in [7, 11) is 1.65. The van der Waals surface area contributed by atoms with Gasteiger partial charge in [0.15, 0.2) is 0 Å². The lowest BCUT2D eigenvalue weighted by Crippen LogP contribution is -2.44. The quantitative estimate of drug-likeness (QED) is 0.870. The number of methoxy groups -OCH3 is 1. The van der Waals surface area contributed by atoms with E-state index in [1.165, 1.54) is 0 Å². The van der Waals surface area contributed by atoms with Crippen LogP contribution in [0, 0.1) is 5.92 Å². The van der Waals surface area contributed by atoms with E-state index in [1.807, 2.05) is 23.1 Å². The van der Waals surface area contributed by atoms with Gasteiger partial charge in [0.1, 0.15) is 5.75 Å². The molecular weight excluding hydrogens is 306 g/mol. The van der Waals surface area contributed by atoms with Gasteiger partial charge >= 0.3 is 5.97 Å². The minimum atomic E-state index is -0.784. The Hall–Kier alpha value is -2.04. The zero-order valence-corrected chi connectivity index (χ0v) is 14.1. The molecule has 2 aliphatic rings. The average molecular weight is 331 g/mol. The summed E-state index contributed by atoms with van der Waals surface area (Å²) in [5.74, 6) is 0.562. The second kappa shape index (κ2) is 7.24. The van der Waals surface area contributed by atoms with Gasteiger partial charge < -0.3 is 14.7 Å². The number of rotatable bonds is 6. The molecule has 1 aromatic carbocycles. The molecule has 1 saturated heterocycles. The number of carboxylic acid groups (broad SMARTS) is 1. The maximum absolute atomic E-state index is 12.9. The summed E-state index contributed by atoms with van der Waals surface area (Å²) >= 11 is 0. The molecule has 130 valence electrons. The highest BCUT2D eigenvalue weighted by Crippen LogP contribution is 2.49. The third kappa shape index (κ3) is 3.71. The number of hydrogen-bond acceptors (Lipinski definition) is 3. The molecule has 1 N–H and O–H groups in total. The van der Waals surface area contributed by atoms with E-state index in [0.29, 0.717) is 6.42 Å². The van der Waals surface area contributed by atoms with E-state index in [1.54, 1.807) is 7.11 Å². The van der Waals surface area contributed by atoms with Gasteiger partial charge in [0.2, 0.25) is 5.91 Å². The summed E-state index contributed by atoms with van der Waals surface area (Å²) in [5, 5.41) is 8.92. The molecule has 0 spiro atoms. The lowest BCUT2D eigenvalue weighted by atomic mass is 9.97. The van der Waals surface area contributed by atoms with Gasteiger partial charge in [-0.25, -0.2) is 0 Å². The SMILES string of the molecule is COc1cccc([C@@H]2C[C@@H]2C(=O)N2CCCC[C@@H]2CCC(=O)O)c1. The van der Waals surface area contributed by atoms with Gasteiger partial charge in [-0.2, -0.15) is 0 Å². The van der Waals surface area contributed by atoms with Crippen molar-refractivity contribution < 1.29 is 19.4 Å². The first kappa shape index (κ1) is 16.8. The molecule has 1 saturated carbocycles. The van der Waals surface area contributed by atoms with Crippen molar-refractivity contribution in [2.24, 2.45) is 5.92 Å². The van der Waals surface area contributed by atoms with E-state index in [4.69, 9.17) is 9.84 Å². The second-order valence-corrected chi connectivity index (χ2v) is 6.84. The number of carbonyl (C=O) groups is 2. The lowest BCUT2D eigenvalue weighted by molar-refractivity contribution is -0.140. The number of ether oxygens (including phenoxy) is 1. The second-order valence-electron chi connectivity index (χ2n) is 6.84. The van der Waals surface area contributed by atoms with Crippen molar-refractivity contribution in [3.05, 3.63) is 29.8 Å². The largest absolute Gasteiger partial charge is 0.497 e. The van der Waals surface area contributed by atoms with Crippen LogP contribution < -0.4 is 4.74 Å². The zero-order chi connectivity index (χ0) is 17.1. The molecule has 1 heterocycles. The summed E-state index contributed by atoms with van der Waals surface area (Å²) in [4.78, 5) is 25.7. The van der Waals surface area contributed by atoms with Crippen LogP contribution in [-0.4, -0.2) is 41.6 Å². The highest BCUT2D eigenvalue weighted by Gasteiger charge is 2.47. The maximum atomic E-state index is 12.9. The summed E-state index contributed by atoms with van der Waals surface area (Å²) in [5.41, 5.74) is 1.16. The predicted molar refractivity (Wildman–Crippen MR) is 90.1 cm³/mol. The van der Waals surface area contributed by atoms with Crippen LogP contribution in [-0.2, 0) is 9.59 Å². The lowest BCUT2D eigenvalue weighted by Gasteiger charge is -2.36. The molecular formula is C19H25NO4. The zero-order valence-electron chi connectivity index (χ0n) is 14.1. The molecule has 1 amide bonds. The van der Waals surface area contributed by atoms with Crippen LogP contribution >= 0.6 is 0 Å². The van der Waals surface area contributed by atoms with Crippen molar-refractivity contribution in [1.29, 1.82) is 0 Å². The van der Waals surface area contributed by atoms with E-state index in [2.05, 4.69) is 6.07 Å². The van der Waals surface area contributed by atoms with Gasteiger partial charge in [-0.15, -0.1) is 0 Å². The first-order chi connectivity index (χ1) is 11.6. The van der Waals surface area contributed by atoms with Crippen molar-refractivity contribution in [1.82, 2.24) is 4.90 Å². The van der Waals surface area contributed by atoms with E-state index >= 15 is 0 Å². The molecule has 1 aliphatic carbocycles. The number of nitrogens with zero attached hydrogens (tertiary/aromatic N) is 1. The van der Waals surface area contributed by atoms with E-state index in [9.17, 15) is 9.59 Å². The Bertz CT molecular complexity index is 615. The number of aliphatic carboxylic acids is 1. The number of hydrogen-bond donors (Lipinski definition) is 1. The molecule has 0 unspecified atom stereocenters. The Balaban J connectivity index is 1.64. The normalized spacial score (nSPS) is 26.0. The van der Waals surface area contributed by atoms with Crippen LogP contribution in [0.1, 0.15) is 50.0 Å². The Morgan fingerprint density at radius 3 is 2.92 bits per heavy atom. The van der Waals surface area contributed by atoms with Crippen LogP contribution in [0.25, 0.3) is 0 Å². The maximum Gasteiger partial charge on any atom is 0.303 e. The minimum absolute atomic E-state index is 0.0440. The Kier molecular flexibility index (Phi) is 5.07. The topological polar surface area (TPSA) is 66.8 Å². The fraction of sp³-hybridized carbons (Fsp3) is 0.579. The number of carboxylic acids is 1. The average Bonchev–Trinajstić information content (AvgIpc) is 3.40. The van der Waals surface area contributed by atoms with Gasteiger partial charge in [-0.1, -0.05) is 12.1 Å². The highest BCUT2D eigenvalue weighted by molar-refractivity contribution is 5.83. The van der Waals surface area contributed by atoms with Gasteiger partial charge in [-0.05, 0) is 55.7 Å².